The summed E-state index contributed by atoms with van der Waals surface area (Å²) in [6.45, 7) is 2.68. The molecule has 0 aliphatic carbocycles. The minimum atomic E-state index is -0.124. The zero-order chi connectivity index (χ0) is 20.4. The summed E-state index contributed by atoms with van der Waals surface area (Å²) in [6, 6.07) is 13.2. The number of nitrogens with one attached hydrogen (secondary N) is 1. The van der Waals surface area contributed by atoms with Crippen LogP contribution in [0.4, 0.5) is 5.82 Å². The van der Waals surface area contributed by atoms with E-state index >= 15 is 0 Å². The molecule has 2 aromatic carbocycles. The van der Waals surface area contributed by atoms with Gasteiger partial charge in [-0.1, -0.05) is 30.7 Å². The van der Waals surface area contributed by atoms with E-state index in [4.69, 9.17) is 21.1 Å². The highest BCUT2D eigenvalue weighted by atomic mass is 35.5. The highest BCUT2D eigenvalue weighted by Gasteiger charge is 2.31. The van der Waals surface area contributed by atoms with E-state index in [-0.39, 0.29) is 11.8 Å². The van der Waals surface area contributed by atoms with Gasteiger partial charge in [0.25, 0.3) is 0 Å². The maximum absolute atomic E-state index is 12.5. The number of hydrogen-bond donors (Lipinski definition) is 1. The molecule has 0 fully saturated rings. The smallest absolute Gasteiger partial charge is 0.226 e. The van der Waals surface area contributed by atoms with Crippen LogP contribution < -0.4 is 14.8 Å². The number of fused-ring (bicyclic) bond motifs is 1. The Morgan fingerprint density at radius 2 is 2.10 bits per heavy atom. The van der Waals surface area contributed by atoms with Crippen molar-refractivity contribution in [1.82, 2.24) is 9.78 Å². The highest BCUT2D eigenvalue weighted by Crippen LogP contribution is 2.40. The first kappa shape index (κ1) is 19.3. The topological polar surface area (TPSA) is 65.4 Å². The van der Waals surface area contributed by atoms with Crippen molar-refractivity contribution in [2.45, 2.75) is 25.7 Å². The summed E-state index contributed by atoms with van der Waals surface area (Å²) in [5.74, 6) is 1.84. The first-order valence-electron chi connectivity index (χ1n) is 9.55. The van der Waals surface area contributed by atoms with Crippen molar-refractivity contribution in [2.24, 2.45) is 0 Å². The zero-order valence-electron chi connectivity index (χ0n) is 16.3. The number of aromatic nitrogens is 2. The van der Waals surface area contributed by atoms with Crippen LogP contribution in [0, 0.1) is 0 Å². The molecule has 1 unspecified atom stereocenters. The molecule has 0 saturated heterocycles. The first-order valence-corrected chi connectivity index (χ1v) is 9.93. The van der Waals surface area contributed by atoms with Crippen molar-refractivity contribution in [3.63, 3.8) is 0 Å². The largest absolute Gasteiger partial charge is 0.493 e. The van der Waals surface area contributed by atoms with Crippen LogP contribution in [-0.2, 0) is 4.79 Å². The van der Waals surface area contributed by atoms with Crippen LogP contribution in [0.15, 0.2) is 48.7 Å². The minimum absolute atomic E-state index is 0.0587. The average molecular weight is 412 g/mol. The van der Waals surface area contributed by atoms with Gasteiger partial charge in [-0.3, -0.25) is 4.79 Å². The third kappa shape index (κ3) is 3.80. The molecule has 7 heteroatoms. The van der Waals surface area contributed by atoms with Gasteiger partial charge >= 0.3 is 0 Å². The first-order chi connectivity index (χ1) is 14.1. The van der Waals surface area contributed by atoms with Gasteiger partial charge in [0.1, 0.15) is 5.82 Å². The van der Waals surface area contributed by atoms with Gasteiger partial charge in [-0.15, -0.1) is 0 Å². The van der Waals surface area contributed by atoms with Crippen molar-refractivity contribution >= 4 is 23.3 Å². The molecule has 6 nitrogen and oxygen atoms in total. The molecule has 1 atom stereocenters. The normalized spacial score (nSPS) is 15.6. The van der Waals surface area contributed by atoms with E-state index in [9.17, 15) is 4.79 Å². The Kier molecular flexibility index (Phi) is 5.45. The van der Waals surface area contributed by atoms with Crippen molar-refractivity contribution < 1.29 is 14.3 Å². The van der Waals surface area contributed by atoms with Crippen LogP contribution in [0.2, 0.25) is 5.02 Å². The predicted molar refractivity (Wildman–Crippen MR) is 112 cm³/mol. The molecular weight excluding hydrogens is 390 g/mol. The Hall–Kier alpha value is -2.99. The molecule has 0 spiro atoms. The van der Waals surface area contributed by atoms with E-state index in [0.717, 1.165) is 23.2 Å². The summed E-state index contributed by atoms with van der Waals surface area (Å²) in [6.07, 6.45) is 3.06. The van der Waals surface area contributed by atoms with Gasteiger partial charge in [0.05, 0.1) is 25.6 Å². The predicted octanol–water partition coefficient (Wildman–Crippen LogP) is 4.80. The third-order valence-electron chi connectivity index (χ3n) is 4.92. The van der Waals surface area contributed by atoms with Gasteiger partial charge in [-0.05, 0) is 42.3 Å². The summed E-state index contributed by atoms with van der Waals surface area (Å²) in [5, 5.41) is 8.07. The lowest BCUT2D eigenvalue weighted by Crippen LogP contribution is -2.24. The van der Waals surface area contributed by atoms with Crippen molar-refractivity contribution in [2.75, 3.05) is 19.0 Å². The van der Waals surface area contributed by atoms with Crippen molar-refractivity contribution in [3.8, 4) is 17.2 Å². The lowest BCUT2D eigenvalue weighted by Gasteiger charge is -2.24. The number of methoxy groups -OCH3 is 1. The monoisotopic (exact) mass is 411 g/mol. The number of hydrogen-bond acceptors (Lipinski definition) is 4. The molecule has 150 valence electrons. The highest BCUT2D eigenvalue weighted by molar-refractivity contribution is 6.30. The van der Waals surface area contributed by atoms with E-state index in [0.29, 0.717) is 35.4 Å². The van der Waals surface area contributed by atoms with Gasteiger partial charge < -0.3 is 14.8 Å². The van der Waals surface area contributed by atoms with E-state index < -0.39 is 0 Å². The van der Waals surface area contributed by atoms with E-state index in [1.165, 1.54) is 0 Å². The molecule has 1 amide bonds. The molecule has 0 saturated carbocycles. The second-order valence-electron chi connectivity index (χ2n) is 6.90. The Balaban J connectivity index is 1.73. The lowest BCUT2D eigenvalue weighted by molar-refractivity contribution is -0.116. The summed E-state index contributed by atoms with van der Waals surface area (Å²) >= 11 is 6.13. The summed E-state index contributed by atoms with van der Waals surface area (Å²) in [4.78, 5) is 12.5. The fourth-order valence-electron chi connectivity index (χ4n) is 3.55. The van der Waals surface area contributed by atoms with E-state index in [1.807, 2.05) is 36.4 Å². The number of rotatable bonds is 6. The molecule has 1 aliphatic heterocycles. The molecule has 2 heterocycles. The third-order valence-corrected chi connectivity index (χ3v) is 5.16. The number of amides is 1. The van der Waals surface area contributed by atoms with Gasteiger partial charge in [0.15, 0.2) is 11.5 Å². The van der Waals surface area contributed by atoms with Crippen molar-refractivity contribution in [1.29, 1.82) is 0 Å². The second kappa shape index (κ2) is 8.17. The number of carbonyl (C=O) groups excluding carboxylic acids is 1. The molecular formula is C22H22ClN3O3. The Bertz CT molecular complexity index is 1050. The molecule has 29 heavy (non-hydrogen) atoms. The molecule has 1 aliphatic rings. The quantitative estimate of drug-likeness (QED) is 0.632. The fraction of sp³-hybridized carbons (Fsp3) is 0.273. The molecule has 1 N–H and O–H groups in total. The van der Waals surface area contributed by atoms with Crippen molar-refractivity contribution in [3.05, 3.63) is 64.8 Å². The summed E-state index contributed by atoms with van der Waals surface area (Å²) in [7, 11) is 1.62. The number of halogens is 1. The average Bonchev–Trinajstić information content (AvgIpc) is 3.15. The number of carbonyl (C=O) groups is 1. The van der Waals surface area contributed by atoms with Gasteiger partial charge in [0, 0.05) is 22.9 Å². The molecule has 3 aromatic rings. The van der Waals surface area contributed by atoms with Gasteiger partial charge in [0.2, 0.25) is 5.91 Å². The summed E-state index contributed by atoms with van der Waals surface area (Å²) < 4.78 is 13.0. The molecule has 0 radical (unpaired) electrons. The maximum Gasteiger partial charge on any atom is 0.226 e. The molecule has 1 aromatic heterocycles. The van der Waals surface area contributed by atoms with Crippen LogP contribution in [0.1, 0.15) is 36.8 Å². The number of ether oxygens (including phenoxy) is 2. The maximum atomic E-state index is 12.5. The van der Waals surface area contributed by atoms with Crippen LogP contribution in [0.5, 0.6) is 11.5 Å². The molecule has 0 bridgehead atoms. The number of anilines is 1. The number of benzene rings is 2. The van der Waals surface area contributed by atoms with Crippen LogP contribution in [0.3, 0.4) is 0 Å². The Labute approximate surface area is 174 Å². The Morgan fingerprint density at radius 3 is 2.86 bits per heavy atom. The van der Waals surface area contributed by atoms with Gasteiger partial charge in [-0.2, -0.15) is 5.10 Å². The van der Waals surface area contributed by atoms with Crippen LogP contribution in [-0.4, -0.2) is 29.4 Å². The summed E-state index contributed by atoms with van der Waals surface area (Å²) in [5.41, 5.74) is 2.72. The molecule has 4 rings (SSSR count). The number of nitrogens with zero attached hydrogens (tertiary/aromatic N) is 2. The van der Waals surface area contributed by atoms with E-state index in [2.05, 4.69) is 17.3 Å². The van der Waals surface area contributed by atoms with Crippen LogP contribution >= 0.6 is 11.6 Å². The standard InChI is InChI=1S/C22H22ClN3O3/c1-3-9-29-19-8-7-14(10-20(19)28-2)17-12-21(27)25-22-18(17)13-24-26(22)16-6-4-5-15(23)11-16/h4-8,10-11,13,17H,3,9,12H2,1-2H3,(H,25,27). The minimum Gasteiger partial charge on any atom is -0.493 e. The zero-order valence-corrected chi connectivity index (χ0v) is 17.1. The van der Waals surface area contributed by atoms with E-state index in [1.54, 1.807) is 24.1 Å². The lowest BCUT2D eigenvalue weighted by atomic mass is 9.87. The SMILES string of the molecule is CCCOc1ccc(C2CC(=O)Nc3c2cnn3-c2cccc(Cl)c2)cc1OC. The van der Waals surface area contributed by atoms with Crippen LogP contribution in [0.25, 0.3) is 5.69 Å². The Morgan fingerprint density at radius 1 is 1.24 bits per heavy atom. The fourth-order valence-corrected chi connectivity index (χ4v) is 3.74. The second-order valence-corrected chi connectivity index (χ2v) is 7.34. The van der Waals surface area contributed by atoms with Gasteiger partial charge in [-0.25, -0.2) is 4.68 Å².